The van der Waals surface area contributed by atoms with Crippen molar-refractivity contribution in [1.82, 2.24) is 24.3 Å². The fraction of sp³-hybridized carbons (Fsp3) is 0.500. The van der Waals surface area contributed by atoms with E-state index in [1.165, 1.54) is 6.07 Å². The van der Waals surface area contributed by atoms with Crippen LogP contribution in [0.3, 0.4) is 0 Å². The molecule has 10 nitrogen and oxygen atoms in total. The number of piperidine rings is 2. The van der Waals surface area contributed by atoms with Crippen LogP contribution >= 0.6 is 11.6 Å². The predicted octanol–water partition coefficient (Wildman–Crippen LogP) is 6.25. The number of carbonyl (C=O) groups is 3. The van der Waals surface area contributed by atoms with E-state index in [2.05, 4.69) is 14.9 Å². The quantitative estimate of drug-likeness (QED) is 0.281. The molecular weight excluding hydrogens is 671 g/mol. The summed E-state index contributed by atoms with van der Waals surface area (Å²) in [5.41, 5.74) is 7.04. The number of aryl methyl sites for hydroxylation is 2. The number of nitrogens with zero attached hydrogens (tertiary/aromatic N) is 5. The Kier molecular flexibility index (Phi) is 10.3. The third-order valence-corrected chi connectivity index (χ3v) is 10.7. The Morgan fingerprint density at radius 3 is 2.32 bits per heavy atom. The zero-order chi connectivity index (χ0) is 35.7. The number of urea groups is 1. The monoisotopic (exact) mass is 713 g/mol. The summed E-state index contributed by atoms with van der Waals surface area (Å²) in [5.74, 6) is -0.509. The van der Waals surface area contributed by atoms with Gasteiger partial charge in [-0.25, -0.2) is 9.78 Å². The Morgan fingerprint density at radius 1 is 1.00 bits per heavy atom. The van der Waals surface area contributed by atoms with E-state index < -0.39 is 23.3 Å². The van der Waals surface area contributed by atoms with Crippen molar-refractivity contribution in [3.63, 3.8) is 0 Å². The van der Waals surface area contributed by atoms with Crippen molar-refractivity contribution in [3.8, 4) is 0 Å². The summed E-state index contributed by atoms with van der Waals surface area (Å²) in [6.07, 6.45) is 0.280. The van der Waals surface area contributed by atoms with Gasteiger partial charge in [0, 0.05) is 63.1 Å². The number of alkyl halides is 3. The number of fused-ring (bicyclic) bond motifs is 1. The van der Waals surface area contributed by atoms with Gasteiger partial charge in [0.05, 0.1) is 27.9 Å². The van der Waals surface area contributed by atoms with Gasteiger partial charge in [-0.1, -0.05) is 29.8 Å². The lowest BCUT2D eigenvalue weighted by molar-refractivity contribution is -0.142. The number of rotatable bonds is 7. The molecule has 1 aromatic heterocycles. The minimum absolute atomic E-state index is 0.0484. The molecule has 2 fully saturated rings. The Morgan fingerprint density at radius 2 is 1.66 bits per heavy atom. The SMILES string of the molecule is Cc1cn(C2CCN(C(=O)[C@H](CC(=O)N3CCC(N4CCc5ccccc5NC4=O)CC3)Cc3cc(Cl)c(N)c(C(F)(F)F)c3)CC2)c(C)n1. The van der Waals surface area contributed by atoms with Gasteiger partial charge in [-0.05, 0) is 81.7 Å². The number of hydrogen-bond acceptors (Lipinski definition) is 5. The molecular formula is C36H43ClF3N7O3. The number of aromatic nitrogens is 2. The van der Waals surface area contributed by atoms with Gasteiger partial charge in [-0.3, -0.25) is 9.59 Å². The van der Waals surface area contributed by atoms with E-state index in [1.54, 1.807) is 9.80 Å². The second-order valence-corrected chi connectivity index (χ2v) is 14.1. The predicted molar refractivity (Wildman–Crippen MR) is 185 cm³/mol. The largest absolute Gasteiger partial charge is 0.418 e. The maximum absolute atomic E-state index is 14.1. The number of hydrogen-bond donors (Lipinski definition) is 2. The number of para-hydroxylation sites is 1. The molecule has 0 saturated carbocycles. The van der Waals surface area contributed by atoms with Crippen molar-refractivity contribution < 1.29 is 27.6 Å². The van der Waals surface area contributed by atoms with Crippen LogP contribution in [0.5, 0.6) is 0 Å². The van der Waals surface area contributed by atoms with Crippen molar-refractivity contribution in [1.29, 1.82) is 0 Å². The number of likely N-dealkylation sites (tertiary alicyclic amines) is 2. The maximum Gasteiger partial charge on any atom is 0.418 e. The number of nitrogens with two attached hydrogens (primary N) is 1. The number of nitrogen functional groups attached to an aromatic ring is 1. The zero-order valence-electron chi connectivity index (χ0n) is 28.3. The van der Waals surface area contributed by atoms with Crippen LogP contribution in [-0.2, 0) is 28.6 Å². The van der Waals surface area contributed by atoms with Crippen LogP contribution in [0.4, 0.5) is 29.3 Å². The molecule has 0 aliphatic carbocycles. The van der Waals surface area contributed by atoms with Crippen LogP contribution < -0.4 is 11.1 Å². The molecule has 2 saturated heterocycles. The Balaban J connectivity index is 1.14. The van der Waals surface area contributed by atoms with E-state index in [1.807, 2.05) is 49.2 Å². The maximum atomic E-state index is 14.1. The second-order valence-electron chi connectivity index (χ2n) is 13.7. The standard InChI is InChI=1S/C36H43ClF3N7O3/c1-22-21-47(23(2)42-22)28-10-14-45(15-11-28)34(49)26(17-24-18-29(36(38,39)40)33(41)30(37)19-24)20-32(48)44-12-8-27(9-13-44)46-16-7-25-5-3-4-6-31(25)43-35(46)50/h3-6,18-19,21,26-28H,7-17,20,41H2,1-2H3,(H,43,50)/t26-/m0/s1. The topological polar surface area (TPSA) is 117 Å². The van der Waals surface area contributed by atoms with Crippen LogP contribution in [0.15, 0.2) is 42.6 Å². The number of carbonyl (C=O) groups excluding carboxylic acids is 3. The first kappa shape index (κ1) is 35.6. The molecule has 4 heterocycles. The highest BCUT2D eigenvalue weighted by atomic mass is 35.5. The third-order valence-electron chi connectivity index (χ3n) is 10.4. The van der Waals surface area contributed by atoms with Gasteiger partial charge in [-0.2, -0.15) is 13.2 Å². The summed E-state index contributed by atoms with van der Waals surface area (Å²) < 4.78 is 43.6. The Labute approximate surface area is 294 Å². The molecule has 6 rings (SSSR count). The summed E-state index contributed by atoms with van der Waals surface area (Å²) >= 11 is 6.14. The first-order chi connectivity index (χ1) is 23.8. The summed E-state index contributed by atoms with van der Waals surface area (Å²) in [4.78, 5) is 50.7. The van der Waals surface area contributed by atoms with Crippen molar-refractivity contribution in [3.05, 3.63) is 75.8 Å². The Hall–Kier alpha value is -4.26. The van der Waals surface area contributed by atoms with E-state index >= 15 is 0 Å². The van der Waals surface area contributed by atoms with Crippen molar-refractivity contribution >= 4 is 40.8 Å². The molecule has 14 heteroatoms. The van der Waals surface area contributed by atoms with Crippen molar-refractivity contribution in [2.45, 2.75) is 77.1 Å². The lowest BCUT2D eigenvalue weighted by atomic mass is 9.91. The number of benzene rings is 2. The summed E-state index contributed by atoms with van der Waals surface area (Å²) in [6, 6.07) is 9.98. The van der Waals surface area contributed by atoms with Crippen molar-refractivity contribution in [2.24, 2.45) is 5.92 Å². The molecule has 3 aliphatic rings. The minimum atomic E-state index is -4.73. The number of halogens is 4. The minimum Gasteiger partial charge on any atom is -0.397 e. The fourth-order valence-electron chi connectivity index (χ4n) is 7.69. The smallest absolute Gasteiger partial charge is 0.397 e. The van der Waals surface area contributed by atoms with Gasteiger partial charge in [0.2, 0.25) is 11.8 Å². The highest BCUT2D eigenvalue weighted by Crippen LogP contribution is 2.39. The molecule has 3 aliphatic heterocycles. The van der Waals surface area contributed by atoms with Crippen LogP contribution in [0.1, 0.15) is 66.4 Å². The molecule has 3 aromatic rings. The molecule has 3 N–H and O–H groups in total. The first-order valence-corrected chi connectivity index (χ1v) is 17.6. The molecule has 0 radical (unpaired) electrons. The molecule has 268 valence electrons. The van der Waals surface area contributed by atoms with Gasteiger partial charge in [0.1, 0.15) is 5.82 Å². The van der Waals surface area contributed by atoms with Crippen molar-refractivity contribution in [2.75, 3.05) is 43.8 Å². The Bertz CT molecular complexity index is 1750. The lowest BCUT2D eigenvalue weighted by Gasteiger charge is -2.39. The summed E-state index contributed by atoms with van der Waals surface area (Å²) in [6.45, 7) is 6.17. The highest BCUT2D eigenvalue weighted by Gasteiger charge is 2.37. The summed E-state index contributed by atoms with van der Waals surface area (Å²) in [5, 5.41) is 2.76. The van der Waals surface area contributed by atoms with Gasteiger partial charge >= 0.3 is 12.2 Å². The first-order valence-electron chi connectivity index (χ1n) is 17.2. The van der Waals surface area contributed by atoms with Gasteiger partial charge < -0.3 is 30.3 Å². The van der Waals surface area contributed by atoms with E-state index in [0.29, 0.717) is 58.4 Å². The normalized spacial score (nSPS) is 18.4. The molecule has 4 amide bonds. The van der Waals surface area contributed by atoms with Gasteiger partial charge in [-0.15, -0.1) is 0 Å². The lowest BCUT2D eigenvalue weighted by Crippen LogP contribution is -2.50. The molecule has 1 atom stereocenters. The highest BCUT2D eigenvalue weighted by molar-refractivity contribution is 6.33. The third kappa shape index (κ3) is 7.72. The number of nitrogens with one attached hydrogen (secondary N) is 1. The van der Waals surface area contributed by atoms with Crippen LogP contribution in [0.2, 0.25) is 5.02 Å². The van der Waals surface area contributed by atoms with E-state index in [4.69, 9.17) is 17.3 Å². The molecule has 0 spiro atoms. The van der Waals surface area contributed by atoms with Gasteiger partial charge in [0.15, 0.2) is 0 Å². The fourth-order valence-corrected chi connectivity index (χ4v) is 7.93. The summed E-state index contributed by atoms with van der Waals surface area (Å²) in [7, 11) is 0. The average Bonchev–Trinajstić information content (AvgIpc) is 3.33. The number of imidazole rings is 1. The van der Waals surface area contributed by atoms with Gasteiger partial charge in [0.25, 0.3) is 0 Å². The molecule has 0 unspecified atom stereocenters. The van der Waals surface area contributed by atoms with E-state index in [-0.39, 0.29) is 53.4 Å². The van der Waals surface area contributed by atoms with E-state index in [0.717, 1.165) is 35.3 Å². The van der Waals surface area contributed by atoms with E-state index in [9.17, 15) is 27.6 Å². The second kappa shape index (κ2) is 14.5. The van der Waals surface area contributed by atoms with Crippen LogP contribution in [0.25, 0.3) is 0 Å². The number of anilines is 2. The van der Waals surface area contributed by atoms with Crippen LogP contribution in [0, 0.1) is 19.8 Å². The number of amides is 4. The molecule has 50 heavy (non-hydrogen) atoms. The molecule has 2 aromatic carbocycles. The van der Waals surface area contributed by atoms with Crippen LogP contribution in [-0.4, -0.2) is 80.9 Å². The zero-order valence-corrected chi connectivity index (χ0v) is 29.1. The average molecular weight is 714 g/mol. The molecule has 0 bridgehead atoms.